The second-order valence-electron chi connectivity index (χ2n) is 17.1. The lowest BCUT2D eigenvalue weighted by atomic mass is 9.99. The summed E-state index contributed by atoms with van der Waals surface area (Å²) in [5, 5.41) is 0. The molecule has 7 aromatic carbocycles. The van der Waals surface area contributed by atoms with Gasteiger partial charge in [-0.15, -0.1) is 6.58 Å². The summed E-state index contributed by atoms with van der Waals surface area (Å²) in [6.07, 6.45) is 13.2. The number of hydrogen-bond acceptors (Lipinski definition) is 0. The Hall–Kier alpha value is -7.28. The van der Waals surface area contributed by atoms with Crippen LogP contribution < -0.4 is 0 Å². The summed E-state index contributed by atoms with van der Waals surface area (Å²) in [6, 6.07) is 64.0. The molecule has 0 amide bonds. The van der Waals surface area contributed by atoms with Crippen LogP contribution in [0.15, 0.2) is 255 Å². The molecule has 0 N–H and O–H groups in total. The lowest BCUT2D eigenvalue weighted by molar-refractivity contribution is 1.09. The Bertz CT molecular complexity index is 2620. The summed E-state index contributed by atoms with van der Waals surface area (Å²) in [5.74, 6) is 0. The van der Waals surface area contributed by atoms with Crippen molar-refractivity contribution in [3.05, 3.63) is 288 Å². The van der Waals surface area contributed by atoms with Crippen LogP contribution in [0.5, 0.6) is 0 Å². The summed E-state index contributed by atoms with van der Waals surface area (Å²) < 4.78 is 0. The van der Waals surface area contributed by atoms with Gasteiger partial charge in [-0.25, -0.2) is 0 Å². The molecule has 7 rings (SSSR count). The first-order chi connectivity index (χ1) is 34.2. The van der Waals surface area contributed by atoms with Crippen molar-refractivity contribution in [2.45, 2.75) is 103 Å². The van der Waals surface area contributed by atoms with Gasteiger partial charge in [0, 0.05) is 0 Å². The highest BCUT2D eigenvalue weighted by molar-refractivity contribution is 5.82. The first-order valence-corrected chi connectivity index (χ1v) is 25.2. The van der Waals surface area contributed by atoms with Crippen molar-refractivity contribution in [1.82, 2.24) is 0 Å². The van der Waals surface area contributed by atoms with Crippen LogP contribution in [0.3, 0.4) is 0 Å². The Balaban J connectivity index is 0.000000453. The fourth-order valence-electron chi connectivity index (χ4n) is 6.39. The van der Waals surface area contributed by atoms with Gasteiger partial charge in [0.05, 0.1) is 0 Å². The van der Waals surface area contributed by atoms with Crippen LogP contribution in [0.4, 0.5) is 0 Å². The van der Waals surface area contributed by atoms with Crippen LogP contribution in [0, 0.1) is 27.7 Å². The van der Waals surface area contributed by atoms with E-state index in [-0.39, 0.29) is 0 Å². The van der Waals surface area contributed by atoms with Crippen LogP contribution in [0.2, 0.25) is 0 Å². The average Bonchev–Trinajstić information content (AvgIpc) is 3.41. The average molecular weight is 939 g/mol. The summed E-state index contributed by atoms with van der Waals surface area (Å²) >= 11 is 0. The maximum Gasteiger partial charge on any atom is -0.0178 e. The molecule has 0 saturated heterocycles. The zero-order chi connectivity index (χ0) is 53.0. The third kappa shape index (κ3) is 25.2. The van der Waals surface area contributed by atoms with E-state index in [0.717, 1.165) is 5.57 Å². The molecular weight excluding hydrogens is 853 g/mol. The first-order valence-electron chi connectivity index (χ1n) is 25.2. The van der Waals surface area contributed by atoms with Gasteiger partial charge in [-0.3, -0.25) is 0 Å². The van der Waals surface area contributed by atoms with Crippen molar-refractivity contribution in [3.63, 3.8) is 0 Å². The largest absolute Gasteiger partial charge is 0.103 e. The van der Waals surface area contributed by atoms with E-state index in [9.17, 15) is 0 Å². The summed E-state index contributed by atoms with van der Waals surface area (Å²) in [6.45, 7) is 40.1. The first kappa shape index (κ1) is 61.7. The van der Waals surface area contributed by atoms with Gasteiger partial charge in [0.2, 0.25) is 0 Å². The Morgan fingerprint density at radius 3 is 1.14 bits per heavy atom. The van der Waals surface area contributed by atoms with Crippen molar-refractivity contribution >= 4 is 11.1 Å². The fourth-order valence-corrected chi connectivity index (χ4v) is 6.39. The van der Waals surface area contributed by atoms with Gasteiger partial charge in [-0.2, -0.15) is 0 Å². The van der Waals surface area contributed by atoms with Crippen LogP contribution in [-0.2, 0) is 0 Å². The number of hydrogen-bond donors (Lipinski definition) is 0. The van der Waals surface area contributed by atoms with Gasteiger partial charge in [0.1, 0.15) is 0 Å². The summed E-state index contributed by atoms with van der Waals surface area (Å²) in [4.78, 5) is 0. The summed E-state index contributed by atoms with van der Waals surface area (Å²) in [7, 11) is 0. The normalized spacial score (nSPS) is 10.7. The third-order valence-corrected chi connectivity index (χ3v) is 11.2. The molecule has 0 unspecified atom stereocenters. The molecule has 0 heteroatoms. The minimum Gasteiger partial charge on any atom is -0.103 e. The lowest BCUT2D eigenvalue weighted by Crippen LogP contribution is -1.83. The highest BCUT2D eigenvalue weighted by Gasteiger charge is 2.02. The quantitative estimate of drug-likeness (QED) is 0.0999. The predicted octanol–water partition coefficient (Wildman–Crippen LogP) is 22.1. The third-order valence-electron chi connectivity index (χ3n) is 11.2. The summed E-state index contributed by atoms with van der Waals surface area (Å²) in [5.41, 5.74) is 21.5. The highest BCUT2D eigenvalue weighted by atomic mass is 14.1. The van der Waals surface area contributed by atoms with Gasteiger partial charge >= 0.3 is 0 Å². The molecule has 0 aliphatic heterocycles. The molecule has 0 spiro atoms. The Morgan fingerprint density at radius 1 is 0.437 bits per heavy atom. The van der Waals surface area contributed by atoms with Crippen molar-refractivity contribution in [3.8, 4) is 33.4 Å². The predicted molar refractivity (Wildman–Crippen MR) is 324 cm³/mol. The molecule has 0 heterocycles. The van der Waals surface area contributed by atoms with E-state index in [1.165, 1.54) is 95.5 Å². The molecule has 0 aliphatic rings. The van der Waals surface area contributed by atoms with Crippen LogP contribution >= 0.6 is 0 Å². The zero-order valence-electron chi connectivity index (χ0n) is 46.1. The van der Waals surface area contributed by atoms with Gasteiger partial charge in [0.15, 0.2) is 0 Å². The van der Waals surface area contributed by atoms with E-state index in [1.54, 1.807) is 6.08 Å². The molecule has 0 saturated carbocycles. The van der Waals surface area contributed by atoms with Crippen LogP contribution in [-0.4, -0.2) is 0 Å². The fraction of sp³-hybridized carbons (Fsp3) is 0.211. The molecule has 0 aliphatic carbocycles. The van der Waals surface area contributed by atoms with Crippen molar-refractivity contribution in [2.75, 3.05) is 0 Å². The van der Waals surface area contributed by atoms with Crippen molar-refractivity contribution in [1.29, 1.82) is 0 Å². The minimum atomic E-state index is 1.05. The maximum atomic E-state index is 4.14. The van der Waals surface area contributed by atoms with Crippen LogP contribution in [0.25, 0.3) is 44.5 Å². The van der Waals surface area contributed by atoms with E-state index in [4.69, 9.17) is 0 Å². The molecule has 0 atom stereocenters. The molecule has 0 radical (unpaired) electrons. The molecule has 0 fully saturated rings. The number of aryl methyl sites for hydroxylation is 4. The number of allylic oxidation sites excluding steroid dienone is 11. The Morgan fingerprint density at radius 2 is 0.789 bits per heavy atom. The smallest absolute Gasteiger partial charge is 0.0178 e. The van der Waals surface area contributed by atoms with Gasteiger partial charge in [0.25, 0.3) is 0 Å². The van der Waals surface area contributed by atoms with Gasteiger partial charge in [-0.1, -0.05) is 274 Å². The molecule has 0 bridgehead atoms. The molecule has 71 heavy (non-hydrogen) atoms. The zero-order valence-corrected chi connectivity index (χ0v) is 46.1. The molecule has 0 nitrogen and oxygen atoms in total. The highest BCUT2D eigenvalue weighted by Crippen LogP contribution is 2.27. The maximum absolute atomic E-state index is 4.14. The molecule has 7 aromatic rings. The van der Waals surface area contributed by atoms with E-state index < -0.39 is 0 Å². The second kappa shape index (κ2) is 36.7. The van der Waals surface area contributed by atoms with Crippen molar-refractivity contribution in [2.24, 2.45) is 0 Å². The Labute approximate surface area is 434 Å². The molecule has 370 valence electrons. The second-order valence-corrected chi connectivity index (χ2v) is 17.1. The van der Waals surface area contributed by atoms with Gasteiger partial charge in [-0.05, 0) is 155 Å². The van der Waals surface area contributed by atoms with E-state index >= 15 is 0 Å². The van der Waals surface area contributed by atoms with Gasteiger partial charge < -0.3 is 0 Å². The minimum absolute atomic E-state index is 1.05. The number of rotatable bonds is 9. The van der Waals surface area contributed by atoms with Crippen LogP contribution in [0.1, 0.15) is 109 Å². The Kier molecular flexibility index (Phi) is 31.9. The SMILES string of the molecule is C/C=C(/C)CC.C=C(/C=C(\C)c1ccccc1)c1ccc(C)cc1.C=C/C(C)=C(C)/C=C\C.C=CC.CC.Cc1ccc(-c2ccc(C)cc2)cc1.Cc1ccc(-c2cccc(-c3ccccc3)c2)cc1. The van der Waals surface area contributed by atoms with Crippen molar-refractivity contribution < 1.29 is 0 Å². The monoisotopic (exact) mass is 939 g/mol. The molecule has 0 aromatic heterocycles. The number of benzene rings is 7. The lowest BCUT2D eigenvalue weighted by Gasteiger charge is -2.06. The molecular formula is C71H86. The van der Waals surface area contributed by atoms with E-state index in [2.05, 4.69) is 277 Å². The van der Waals surface area contributed by atoms with E-state index in [1.807, 2.05) is 52.0 Å². The van der Waals surface area contributed by atoms with E-state index in [0.29, 0.717) is 0 Å². The standard InChI is InChI=1S/C19H16.C18H18.C14H14.C9H14.C6H12.C3H6.C2H6/c1-15-10-12-17(13-11-15)19-9-5-8-18(14-19)16-6-3-2-4-7-16;1-14-9-11-18(12-10-14)16(3)13-15(2)17-7-5-4-6-8-17;1-11-3-7-13(8-4-11)14-9-5-12(2)6-10-14;1-5-7-9(4)8(3)6-2;1-4-6(3)5-2;1-3-2;1-2/h2-14H,1H3;4-13H,3H2,1-2H3;3-10H,1-2H3;5-7H,2H2,1,3-4H3;4H,5H2,1-3H3;3H,1H2,2H3;1-2H3/b;15-13+;;7-5-,9-8+;6-4-;;. The topological polar surface area (TPSA) is 0 Å².